The minimum atomic E-state index is -0.432. The molecular formula is C25H21N3O3. The minimum Gasteiger partial charge on any atom is -0.507 e. The van der Waals surface area contributed by atoms with Crippen LogP contribution in [0.3, 0.4) is 0 Å². The molecule has 3 N–H and O–H groups in total. The Hall–Kier alpha value is -3.64. The average Bonchev–Trinajstić information content (AvgIpc) is 3.33. The van der Waals surface area contributed by atoms with Gasteiger partial charge in [0.25, 0.3) is 0 Å². The van der Waals surface area contributed by atoms with Crippen LogP contribution in [-0.4, -0.2) is 40.3 Å². The highest BCUT2D eigenvalue weighted by Gasteiger charge is 2.46. The van der Waals surface area contributed by atoms with Crippen LogP contribution in [0.2, 0.25) is 0 Å². The summed E-state index contributed by atoms with van der Waals surface area (Å²) in [5.74, 6) is -0.708. The van der Waals surface area contributed by atoms with E-state index in [0.717, 1.165) is 26.1 Å². The van der Waals surface area contributed by atoms with Gasteiger partial charge < -0.3 is 15.7 Å². The Labute approximate surface area is 179 Å². The summed E-state index contributed by atoms with van der Waals surface area (Å²) in [4.78, 5) is 28.8. The van der Waals surface area contributed by atoms with Crippen molar-refractivity contribution in [3.8, 4) is 5.75 Å². The molecule has 0 radical (unpaired) electrons. The number of likely N-dealkylation sites (tertiary alicyclic amines) is 1. The van der Waals surface area contributed by atoms with E-state index in [-0.39, 0.29) is 28.4 Å². The predicted octanol–water partition coefficient (Wildman–Crippen LogP) is 3.61. The second kappa shape index (κ2) is 6.43. The number of hydrogen-bond donors (Lipinski definition) is 3. The van der Waals surface area contributed by atoms with Gasteiger partial charge in [0.2, 0.25) is 0 Å². The molecule has 3 aromatic carbocycles. The maximum atomic E-state index is 13.3. The van der Waals surface area contributed by atoms with Gasteiger partial charge in [0.15, 0.2) is 11.6 Å². The Balaban J connectivity index is 1.35. The van der Waals surface area contributed by atoms with Gasteiger partial charge in [0.05, 0.1) is 22.5 Å². The van der Waals surface area contributed by atoms with Gasteiger partial charge in [-0.1, -0.05) is 54.6 Å². The van der Waals surface area contributed by atoms with E-state index in [1.165, 1.54) is 5.56 Å². The van der Waals surface area contributed by atoms with Crippen molar-refractivity contribution in [3.63, 3.8) is 0 Å². The summed E-state index contributed by atoms with van der Waals surface area (Å²) >= 11 is 0. The number of fused-ring (bicyclic) bond motifs is 4. The molecule has 3 aliphatic rings. The van der Waals surface area contributed by atoms with Crippen molar-refractivity contribution in [3.05, 3.63) is 88.5 Å². The van der Waals surface area contributed by atoms with Gasteiger partial charge in [-0.3, -0.25) is 14.5 Å². The molecule has 2 aliphatic heterocycles. The molecule has 0 saturated carbocycles. The first kappa shape index (κ1) is 18.2. The summed E-state index contributed by atoms with van der Waals surface area (Å²) in [6, 6.07) is 18.7. The molecule has 1 atom stereocenters. The zero-order chi connectivity index (χ0) is 21.2. The van der Waals surface area contributed by atoms with Gasteiger partial charge in [0, 0.05) is 43.2 Å². The van der Waals surface area contributed by atoms with E-state index < -0.39 is 5.66 Å². The number of anilines is 2. The lowest BCUT2D eigenvalue weighted by Gasteiger charge is -2.26. The van der Waals surface area contributed by atoms with Crippen LogP contribution < -0.4 is 10.6 Å². The summed E-state index contributed by atoms with van der Waals surface area (Å²) < 4.78 is 0. The predicted molar refractivity (Wildman–Crippen MR) is 118 cm³/mol. The summed E-state index contributed by atoms with van der Waals surface area (Å²) in [5.41, 5.74) is 3.18. The van der Waals surface area contributed by atoms with E-state index in [4.69, 9.17) is 0 Å². The lowest BCUT2D eigenvalue weighted by atomic mass is 9.82. The monoisotopic (exact) mass is 411 g/mol. The Bertz CT molecular complexity index is 1250. The molecule has 31 heavy (non-hydrogen) atoms. The lowest BCUT2D eigenvalue weighted by molar-refractivity contribution is 0.0977. The van der Waals surface area contributed by atoms with Gasteiger partial charge in [0.1, 0.15) is 11.4 Å². The van der Waals surface area contributed by atoms with Crippen LogP contribution >= 0.6 is 0 Å². The summed E-state index contributed by atoms with van der Waals surface area (Å²) in [6.07, 6.45) is 0.836. The number of hydrogen-bond acceptors (Lipinski definition) is 6. The van der Waals surface area contributed by atoms with E-state index in [0.29, 0.717) is 22.5 Å². The molecule has 0 bridgehead atoms. The second-order valence-electron chi connectivity index (χ2n) is 8.55. The molecule has 1 saturated heterocycles. The second-order valence-corrected chi connectivity index (χ2v) is 8.55. The van der Waals surface area contributed by atoms with Gasteiger partial charge in [-0.15, -0.1) is 0 Å². The SMILES string of the molecule is O=C1c2ccccc2C(=O)c2c3c(cc(O)c21)NC1(CCN(Cc2ccccc2)C1)N3. The van der Waals surface area contributed by atoms with Crippen LogP contribution in [-0.2, 0) is 6.54 Å². The summed E-state index contributed by atoms with van der Waals surface area (Å²) in [5, 5.41) is 17.7. The number of benzene rings is 3. The third-order valence-corrected chi connectivity index (χ3v) is 6.51. The average molecular weight is 411 g/mol. The molecule has 6 rings (SSSR count). The fourth-order valence-corrected chi connectivity index (χ4v) is 5.10. The number of ketones is 2. The first-order chi connectivity index (χ1) is 15.0. The quantitative estimate of drug-likeness (QED) is 0.437. The molecule has 1 aliphatic carbocycles. The highest BCUT2D eigenvalue weighted by Crippen LogP contribution is 2.47. The maximum absolute atomic E-state index is 13.3. The number of carbonyl (C=O) groups is 2. The van der Waals surface area contributed by atoms with Crippen LogP contribution in [0.15, 0.2) is 60.7 Å². The molecule has 1 spiro atoms. The molecule has 154 valence electrons. The lowest BCUT2D eigenvalue weighted by Crippen LogP contribution is -2.44. The third-order valence-electron chi connectivity index (χ3n) is 6.51. The van der Waals surface area contributed by atoms with Crippen molar-refractivity contribution in [1.82, 2.24) is 4.90 Å². The normalized spacial score (nSPS) is 21.4. The molecular weight excluding hydrogens is 390 g/mol. The molecule has 2 heterocycles. The zero-order valence-corrected chi connectivity index (χ0v) is 16.8. The van der Waals surface area contributed by atoms with Crippen molar-refractivity contribution in [2.24, 2.45) is 0 Å². The molecule has 6 nitrogen and oxygen atoms in total. The van der Waals surface area contributed by atoms with Crippen molar-refractivity contribution in [2.75, 3.05) is 23.7 Å². The van der Waals surface area contributed by atoms with Crippen LogP contribution in [0.5, 0.6) is 5.75 Å². The van der Waals surface area contributed by atoms with E-state index in [9.17, 15) is 14.7 Å². The van der Waals surface area contributed by atoms with E-state index in [2.05, 4.69) is 27.7 Å². The van der Waals surface area contributed by atoms with E-state index >= 15 is 0 Å². The van der Waals surface area contributed by atoms with Gasteiger partial charge in [-0.2, -0.15) is 0 Å². The minimum absolute atomic E-state index is 0.0907. The topological polar surface area (TPSA) is 81.7 Å². The largest absolute Gasteiger partial charge is 0.507 e. The molecule has 1 fully saturated rings. The van der Waals surface area contributed by atoms with Crippen LogP contribution in [0, 0.1) is 0 Å². The van der Waals surface area contributed by atoms with E-state index in [1.807, 2.05) is 18.2 Å². The Morgan fingerprint density at radius 2 is 1.58 bits per heavy atom. The summed E-state index contributed by atoms with van der Waals surface area (Å²) in [7, 11) is 0. The number of nitrogens with zero attached hydrogens (tertiary/aromatic N) is 1. The van der Waals surface area contributed by atoms with Crippen molar-refractivity contribution < 1.29 is 14.7 Å². The van der Waals surface area contributed by atoms with Crippen molar-refractivity contribution in [2.45, 2.75) is 18.6 Å². The van der Waals surface area contributed by atoms with Crippen LogP contribution in [0.25, 0.3) is 0 Å². The number of aromatic hydroxyl groups is 1. The number of phenolic OH excluding ortho intramolecular Hbond substituents is 1. The van der Waals surface area contributed by atoms with Gasteiger partial charge in [-0.05, 0) is 5.56 Å². The Kier molecular flexibility index (Phi) is 3.76. The fraction of sp³-hybridized carbons (Fsp3) is 0.200. The van der Waals surface area contributed by atoms with Gasteiger partial charge >= 0.3 is 0 Å². The molecule has 0 amide bonds. The van der Waals surface area contributed by atoms with Crippen molar-refractivity contribution >= 4 is 22.9 Å². The molecule has 3 aromatic rings. The number of carbonyl (C=O) groups excluding carboxylic acids is 2. The van der Waals surface area contributed by atoms with Crippen molar-refractivity contribution in [1.29, 1.82) is 0 Å². The van der Waals surface area contributed by atoms with Gasteiger partial charge in [-0.25, -0.2) is 0 Å². The van der Waals surface area contributed by atoms with Crippen LogP contribution in [0.4, 0.5) is 11.4 Å². The number of rotatable bonds is 2. The highest BCUT2D eigenvalue weighted by molar-refractivity contribution is 6.32. The fourth-order valence-electron chi connectivity index (χ4n) is 5.10. The standard InChI is InChI=1S/C25H21N3O3/c29-19-12-18-22(21-20(19)23(30)16-8-4-5-9-17(16)24(21)31)27-25(26-18)10-11-28(14-25)13-15-6-2-1-3-7-15/h1-9,12,26-27,29H,10-11,13-14H2. The molecule has 0 aromatic heterocycles. The molecule has 1 unspecified atom stereocenters. The Morgan fingerprint density at radius 1 is 0.903 bits per heavy atom. The first-order valence-corrected chi connectivity index (χ1v) is 10.5. The third kappa shape index (κ3) is 2.68. The highest BCUT2D eigenvalue weighted by atomic mass is 16.3. The Morgan fingerprint density at radius 3 is 2.32 bits per heavy atom. The zero-order valence-electron chi connectivity index (χ0n) is 16.8. The van der Waals surface area contributed by atoms with E-state index in [1.54, 1.807) is 30.3 Å². The summed E-state index contributed by atoms with van der Waals surface area (Å²) in [6.45, 7) is 2.48. The smallest absolute Gasteiger partial charge is 0.198 e. The first-order valence-electron chi connectivity index (χ1n) is 10.5. The maximum Gasteiger partial charge on any atom is 0.198 e. The number of phenols is 1. The molecule has 6 heteroatoms. The number of nitrogens with one attached hydrogen (secondary N) is 2. The van der Waals surface area contributed by atoms with Crippen LogP contribution in [0.1, 0.15) is 43.8 Å².